The lowest BCUT2D eigenvalue weighted by molar-refractivity contribution is 0.0996. The number of hydrogen-bond donors (Lipinski definition) is 2. The molecule has 7 heteroatoms. The van der Waals surface area contributed by atoms with Crippen molar-refractivity contribution in [3.8, 4) is 11.3 Å². The second-order valence-electron chi connectivity index (χ2n) is 5.10. The zero-order valence-corrected chi connectivity index (χ0v) is 12.2. The number of nitrogens with one attached hydrogen (secondary N) is 1. The van der Waals surface area contributed by atoms with Gasteiger partial charge >= 0.3 is 0 Å². The number of halogens is 1. The summed E-state index contributed by atoms with van der Waals surface area (Å²) >= 11 is 6.36. The molecule has 110 valence electrons. The summed E-state index contributed by atoms with van der Waals surface area (Å²) in [6, 6.07) is 5.75. The van der Waals surface area contributed by atoms with E-state index in [2.05, 4.69) is 20.3 Å². The highest BCUT2D eigenvalue weighted by Gasteiger charge is 2.19. The molecule has 2 heterocycles. The average Bonchev–Trinajstić information content (AvgIpc) is 2.97. The smallest absolute Gasteiger partial charge is 0.271 e. The summed E-state index contributed by atoms with van der Waals surface area (Å²) in [5.74, 6) is -0.630. The van der Waals surface area contributed by atoms with Crippen molar-refractivity contribution in [2.75, 3.05) is 18.0 Å². The summed E-state index contributed by atoms with van der Waals surface area (Å²) < 4.78 is 0. The van der Waals surface area contributed by atoms with Gasteiger partial charge in [-0.1, -0.05) is 11.6 Å². The highest BCUT2D eigenvalue weighted by atomic mass is 35.5. The minimum atomic E-state index is -0.630. The number of amides is 1. The number of anilines is 1. The Balaban J connectivity index is 1.94. The van der Waals surface area contributed by atoms with E-state index in [4.69, 9.17) is 17.3 Å². The van der Waals surface area contributed by atoms with Crippen molar-refractivity contribution in [3.05, 3.63) is 28.9 Å². The van der Waals surface area contributed by atoms with Gasteiger partial charge < -0.3 is 10.6 Å². The maximum absolute atomic E-state index is 11.3. The number of aromatic nitrogens is 3. The first kappa shape index (κ1) is 13.9. The first-order valence-corrected chi connectivity index (χ1v) is 7.30. The van der Waals surface area contributed by atoms with Gasteiger partial charge in [0.2, 0.25) is 0 Å². The third-order valence-electron chi connectivity index (χ3n) is 3.71. The molecule has 1 aromatic carbocycles. The molecule has 6 nitrogen and oxygen atoms in total. The van der Waals surface area contributed by atoms with E-state index in [9.17, 15) is 4.79 Å². The number of piperidine rings is 1. The third kappa shape index (κ3) is 2.71. The van der Waals surface area contributed by atoms with E-state index in [-0.39, 0.29) is 5.69 Å². The van der Waals surface area contributed by atoms with Gasteiger partial charge in [-0.15, -0.1) is 0 Å². The van der Waals surface area contributed by atoms with Gasteiger partial charge in [-0.05, 0) is 37.5 Å². The minimum Gasteiger partial charge on any atom is -0.371 e. The van der Waals surface area contributed by atoms with E-state index >= 15 is 0 Å². The molecule has 1 aliphatic heterocycles. The SMILES string of the molecule is NC(=O)c1n[nH]nc1-c1ccc(N2CCCCC2)cc1Cl. The van der Waals surface area contributed by atoms with Crippen LogP contribution in [0, 0.1) is 0 Å². The molecule has 1 fully saturated rings. The monoisotopic (exact) mass is 305 g/mol. The number of H-pyrrole nitrogens is 1. The summed E-state index contributed by atoms with van der Waals surface area (Å²) in [4.78, 5) is 13.6. The number of nitrogens with two attached hydrogens (primary N) is 1. The molecule has 1 aromatic heterocycles. The molecule has 0 aliphatic carbocycles. The van der Waals surface area contributed by atoms with Gasteiger partial charge in [-0.3, -0.25) is 4.79 Å². The Labute approximate surface area is 127 Å². The number of rotatable bonds is 3. The number of carbonyl (C=O) groups is 1. The second-order valence-corrected chi connectivity index (χ2v) is 5.50. The predicted octanol–water partition coefficient (Wildman–Crippen LogP) is 2.21. The fraction of sp³-hybridized carbons (Fsp3) is 0.357. The zero-order chi connectivity index (χ0) is 14.8. The van der Waals surface area contributed by atoms with Gasteiger partial charge in [0.15, 0.2) is 5.69 Å². The lowest BCUT2D eigenvalue weighted by Gasteiger charge is -2.29. The fourth-order valence-corrected chi connectivity index (χ4v) is 2.90. The van der Waals surface area contributed by atoms with Gasteiger partial charge in [0.25, 0.3) is 5.91 Å². The first-order chi connectivity index (χ1) is 10.2. The van der Waals surface area contributed by atoms with Crippen LogP contribution in [0.15, 0.2) is 18.2 Å². The molecule has 1 amide bonds. The number of carbonyl (C=O) groups excluding carboxylic acids is 1. The Morgan fingerprint density at radius 1 is 1.24 bits per heavy atom. The highest BCUT2D eigenvalue weighted by molar-refractivity contribution is 6.33. The topological polar surface area (TPSA) is 87.9 Å². The van der Waals surface area contributed by atoms with Crippen LogP contribution in [-0.4, -0.2) is 34.4 Å². The number of benzene rings is 1. The van der Waals surface area contributed by atoms with Crippen LogP contribution in [0.25, 0.3) is 11.3 Å². The van der Waals surface area contributed by atoms with Gasteiger partial charge in [0.05, 0.1) is 5.02 Å². The van der Waals surface area contributed by atoms with Crippen molar-refractivity contribution in [2.45, 2.75) is 19.3 Å². The zero-order valence-electron chi connectivity index (χ0n) is 11.5. The molecule has 0 radical (unpaired) electrons. The van der Waals surface area contributed by atoms with Crippen molar-refractivity contribution >= 4 is 23.2 Å². The lowest BCUT2D eigenvalue weighted by atomic mass is 10.1. The normalized spacial score (nSPS) is 15.2. The maximum atomic E-state index is 11.3. The minimum absolute atomic E-state index is 0.0997. The number of nitrogens with zero attached hydrogens (tertiary/aromatic N) is 3. The van der Waals surface area contributed by atoms with Crippen LogP contribution >= 0.6 is 11.6 Å². The standard InChI is InChI=1S/C14H16ClN5O/c15-11-8-9(20-6-2-1-3-7-20)4-5-10(11)12-13(14(16)21)18-19-17-12/h4-5,8H,1-3,6-7H2,(H2,16,21)(H,17,18,19). The Morgan fingerprint density at radius 3 is 2.67 bits per heavy atom. The quantitative estimate of drug-likeness (QED) is 0.910. The Hall–Kier alpha value is -2.08. The van der Waals surface area contributed by atoms with Crippen molar-refractivity contribution in [2.24, 2.45) is 5.73 Å². The molecule has 2 aromatic rings. The molecule has 3 N–H and O–H groups in total. The van der Waals surface area contributed by atoms with E-state index in [0.29, 0.717) is 16.3 Å². The summed E-state index contributed by atoms with van der Waals surface area (Å²) in [6.45, 7) is 2.10. The van der Waals surface area contributed by atoms with Crippen molar-refractivity contribution in [3.63, 3.8) is 0 Å². The van der Waals surface area contributed by atoms with Crippen molar-refractivity contribution < 1.29 is 4.79 Å². The molecule has 0 saturated carbocycles. The molecule has 0 atom stereocenters. The largest absolute Gasteiger partial charge is 0.371 e. The highest BCUT2D eigenvalue weighted by Crippen LogP contribution is 2.32. The van der Waals surface area contributed by atoms with Crippen LogP contribution in [0.5, 0.6) is 0 Å². The molecule has 3 rings (SSSR count). The maximum Gasteiger partial charge on any atom is 0.271 e. The molecule has 21 heavy (non-hydrogen) atoms. The lowest BCUT2D eigenvalue weighted by Crippen LogP contribution is -2.29. The van der Waals surface area contributed by atoms with Crippen LogP contribution in [0.4, 0.5) is 5.69 Å². The van der Waals surface area contributed by atoms with E-state index in [1.807, 2.05) is 18.2 Å². The number of aromatic amines is 1. The van der Waals surface area contributed by atoms with E-state index in [1.165, 1.54) is 19.3 Å². The number of hydrogen-bond acceptors (Lipinski definition) is 4. The average molecular weight is 306 g/mol. The molecule has 0 spiro atoms. The summed E-state index contributed by atoms with van der Waals surface area (Å²) in [7, 11) is 0. The molecule has 0 bridgehead atoms. The van der Waals surface area contributed by atoms with Crippen molar-refractivity contribution in [1.29, 1.82) is 0 Å². The second kappa shape index (κ2) is 5.73. The predicted molar refractivity (Wildman–Crippen MR) is 81.4 cm³/mol. The first-order valence-electron chi connectivity index (χ1n) is 6.92. The Morgan fingerprint density at radius 2 is 2.00 bits per heavy atom. The van der Waals surface area contributed by atoms with Crippen LogP contribution < -0.4 is 10.6 Å². The third-order valence-corrected chi connectivity index (χ3v) is 4.02. The van der Waals surface area contributed by atoms with Crippen LogP contribution in [-0.2, 0) is 0 Å². The molecular formula is C14H16ClN5O. The fourth-order valence-electron chi connectivity index (χ4n) is 2.64. The Kier molecular flexibility index (Phi) is 3.79. The van der Waals surface area contributed by atoms with Gasteiger partial charge in [-0.2, -0.15) is 15.4 Å². The molecular weight excluding hydrogens is 290 g/mol. The molecule has 1 saturated heterocycles. The van der Waals surface area contributed by atoms with Gasteiger partial charge in [0.1, 0.15) is 5.69 Å². The van der Waals surface area contributed by atoms with Crippen LogP contribution in [0.3, 0.4) is 0 Å². The molecule has 1 aliphatic rings. The summed E-state index contributed by atoms with van der Waals surface area (Å²) in [6.07, 6.45) is 3.69. The summed E-state index contributed by atoms with van der Waals surface area (Å²) in [5, 5.41) is 10.7. The summed E-state index contributed by atoms with van der Waals surface area (Å²) in [5.41, 5.74) is 7.51. The van der Waals surface area contributed by atoms with E-state index in [0.717, 1.165) is 18.8 Å². The van der Waals surface area contributed by atoms with Gasteiger partial charge in [-0.25, -0.2) is 0 Å². The molecule has 0 unspecified atom stereocenters. The van der Waals surface area contributed by atoms with Gasteiger partial charge in [0, 0.05) is 24.3 Å². The van der Waals surface area contributed by atoms with Crippen molar-refractivity contribution in [1.82, 2.24) is 15.4 Å². The number of primary amides is 1. The van der Waals surface area contributed by atoms with Crippen LogP contribution in [0.2, 0.25) is 5.02 Å². The Bertz CT molecular complexity index is 663. The van der Waals surface area contributed by atoms with E-state index in [1.54, 1.807) is 0 Å². The van der Waals surface area contributed by atoms with E-state index < -0.39 is 5.91 Å². The van der Waals surface area contributed by atoms with Crippen LogP contribution in [0.1, 0.15) is 29.8 Å².